The fraction of sp³-hybridized carbons (Fsp3) is 0.417. The highest BCUT2D eigenvalue weighted by molar-refractivity contribution is 5.91. The van der Waals surface area contributed by atoms with Gasteiger partial charge in [0.15, 0.2) is 0 Å². The number of aryl methyl sites for hydroxylation is 1. The average Bonchev–Trinajstić information content (AvgIpc) is 2.29. The van der Waals surface area contributed by atoms with Crippen molar-refractivity contribution in [2.24, 2.45) is 0 Å². The number of hydrogen-bond donors (Lipinski definition) is 2. The standard InChI is InChI=1S/C12H17NO4/c1-3-5-9-8-10(13(15)16)6-7-11(9)12(14)17-4-2/h6-8,15-16H,3-5H2,1-2H3. The van der Waals surface area contributed by atoms with Crippen LogP contribution in [0.2, 0.25) is 0 Å². The smallest absolute Gasteiger partial charge is 0.338 e. The minimum Gasteiger partial charge on any atom is -0.462 e. The van der Waals surface area contributed by atoms with Gasteiger partial charge in [0.05, 0.1) is 17.9 Å². The van der Waals surface area contributed by atoms with Crippen molar-refractivity contribution in [3.05, 3.63) is 29.3 Å². The van der Waals surface area contributed by atoms with Gasteiger partial charge in [-0.25, -0.2) is 4.79 Å². The molecule has 0 fully saturated rings. The Hall–Kier alpha value is -1.59. The van der Waals surface area contributed by atoms with Crippen LogP contribution in [0.5, 0.6) is 0 Å². The Morgan fingerprint density at radius 3 is 2.59 bits per heavy atom. The average molecular weight is 239 g/mol. The second kappa shape index (κ2) is 6.22. The monoisotopic (exact) mass is 239 g/mol. The third-order valence-corrected chi connectivity index (χ3v) is 2.33. The summed E-state index contributed by atoms with van der Waals surface area (Å²) in [6.45, 7) is 4.05. The van der Waals surface area contributed by atoms with Crippen LogP contribution in [-0.2, 0) is 11.2 Å². The second-order valence-corrected chi connectivity index (χ2v) is 3.60. The molecule has 0 bridgehead atoms. The number of nitrogens with zero attached hydrogens (tertiary/aromatic N) is 1. The van der Waals surface area contributed by atoms with Crippen LogP contribution in [0.4, 0.5) is 5.69 Å². The zero-order chi connectivity index (χ0) is 12.8. The Morgan fingerprint density at radius 2 is 2.06 bits per heavy atom. The van der Waals surface area contributed by atoms with Gasteiger partial charge >= 0.3 is 5.97 Å². The van der Waals surface area contributed by atoms with Crippen LogP contribution in [0.1, 0.15) is 36.2 Å². The highest BCUT2D eigenvalue weighted by Crippen LogP contribution is 2.20. The minimum atomic E-state index is -0.384. The van der Waals surface area contributed by atoms with E-state index in [0.717, 1.165) is 12.0 Å². The molecule has 1 aromatic carbocycles. The molecule has 0 aliphatic rings. The first-order valence-corrected chi connectivity index (χ1v) is 5.58. The van der Waals surface area contributed by atoms with E-state index in [2.05, 4.69) is 0 Å². The normalized spacial score (nSPS) is 10.1. The first-order valence-electron chi connectivity index (χ1n) is 5.58. The first kappa shape index (κ1) is 13.5. The Kier molecular flexibility index (Phi) is 4.93. The van der Waals surface area contributed by atoms with Gasteiger partial charge in [-0.15, -0.1) is 5.23 Å². The highest BCUT2D eigenvalue weighted by Gasteiger charge is 2.13. The Morgan fingerprint density at radius 1 is 1.35 bits per heavy atom. The lowest BCUT2D eigenvalue weighted by Crippen LogP contribution is -2.13. The molecule has 0 spiro atoms. The lowest BCUT2D eigenvalue weighted by molar-refractivity contribution is 0.0290. The molecule has 0 unspecified atom stereocenters. The van der Waals surface area contributed by atoms with E-state index < -0.39 is 0 Å². The molecule has 94 valence electrons. The second-order valence-electron chi connectivity index (χ2n) is 3.60. The van der Waals surface area contributed by atoms with Gasteiger partial charge in [0.25, 0.3) is 0 Å². The summed E-state index contributed by atoms with van der Waals surface area (Å²) in [5, 5.41) is 17.9. The largest absolute Gasteiger partial charge is 0.462 e. The zero-order valence-corrected chi connectivity index (χ0v) is 10.0. The number of esters is 1. The summed E-state index contributed by atoms with van der Waals surface area (Å²) in [6, 6.07) is 4.55. The minimum absolute atomic E-state index is 0.0358. The summed E-state index contributed by atoms with van der Waals surface area (Å²) in [5.41, 5.74) is 1.44. The van der Waals surface area contributed by atoms with Crippen LogP contribution < -0.4 is 5.23 Å². The van der Waals surface area contributed by atoms with E-state index in [1.54, 1.807) is 13.0 Å². The third-order valence-electron chi connectivity index (χ3n) is 2.33. The predicted molar refractivity (Wildman–Crippen MR) is 62.4 cm³/mol. The molecule has 1 aromatic rings. The van der Waals surface area contributed by atoms with Crippen LogP contribution in [-0.4, -0.2) is 23.0 Å². The first-order chi connectivity index (χ1) is 8.10. The fourth-order valence-electron chi connectivity index (χ4n) is 1.59. The fourth-order valence-corrected chi connectivity index (χ4v) is 1.59. The summed E-state index contributed by atoms with van der Waals surface area (Å²) >= 11 is 0. The molecule has 0 aliphatic carbocycles. The van der Waals surface area contributed by atoms with Crippen LogP contribution >= 0.6 is 0 Å². The summed E-state index contributed by atoms with van der Waals surface area (Å²) < 4.78 is 4.94. The van der Waals surface area contributed by atoms with Crippen molar-refractivity contribution >= 4 is 11.7 Å². The van der Waals surface area contributed by atoms with Gasteiger partial charge in [0, 0.05) is 0 Å². The van der Waals surface area contributed by atoms with Crippen molar-refractivity contribution in [2.45, 2.75) is 26.7 Å². The summed E-state index contributed by atoms with van der Waals surface area (Å²) in [6.07, 6.45) is 1.53. The summed E-state index contributed by atoms with van der Waals surface area (Å²) in [7, 11) is 0. The maximum atomic E-state index is 11.7. The van der Waals surface area contributed by atoms with Crippen LogP contribution in [0.3, 0.4) is 0 Å². The van der Waals surface area contributed by atoms with Gasteiger partial charge in [-0.1, -0.05) is 13.3 Å². The Bertz CT molecular complexity index is 390. The van der Waals surface area contributed by atoms with Gasteiger partial charge in [0.2, 0.25) is 0 Å². The van der Waals surface area contributed by atoms with Gasteiger partial charge in [0.1, 0.15) is 0 Å². The van der Waals surface area contributed by atoms with E-state index >= 15 is 0 Å². The molecule has 0 saturated carbocycles. The zero-order valence-electron chi connectivity index (χ0n) is 10.0. The van der Waals surface area contributed by atoms with E-state index in [-0.39, 0.29) is 16.9 Å². The number of ether oxygens (including phenoxy) is 1. The lowest BCUT2D eigenvalue weighted by atomic mass is 10.0. The summed E-state index contributed by atoms with van der Waals surface area (Å²) in [5.74, 6) is -0.384. The summed E-state index contributed by atoms with van der Waals surface area (Å²) in [4.78, 5) is 11.7. The van der Waals surface area contributed by atoms with E-state index in [4.69, 9.17) is 15.2 Å². The van der Waals surface area contributed by atoms with Gasteiger partial charge in [-0.3, -0.25) is 10.4 Å². The number of carbonyl (C=O) groups excluding carboxylic acids is 1. The molecule has 0 aromatic heterocycles. The topological polar surface area (TPSA) is 70.0 Å². The van der Waals surface area contributed by atoms with Crippen molar-refractivity contribution in [2.75, 3.05) is 11.8 Å². The van der Waals surface area contributed by atoms with Gasteiger partial charge in [-0.2, -0.15) is 0 Å². The molecular weight excluding hydrogens is 222 g/mol. The maximum Gasteiger partial charge on any atom is 0.338 e. The Balaban J connectivity index is 3.07. The SMILES string of the molecule is CCCc1cc(N(O)O)ccc1C(=O)OCC. The maximum absolute atomic E-state index is 11.7. The number of anilines is 1. The van der Waals surface area contributed by atoms with Gasteiger partial charge in [-0.05, 0) is 37.1 Å². The molecule has 0 saturated heterocycles. The van der Waals surface area contributed by atoms with Crippen LogP contribution in [0.25, 0.3) is 0 Å². The van der Waals surface area contributed by atoms with Crippen molar-refractivity contribution in [3.63, 3.8) is 0 Å². The molecule has 0 radical (unpaired) electrons. The number of hydrogen-bond acceptors (Lipinski definition) is 5. The molecule has 2 N–H and O–H groups in total. The van der Waals surface area contributed by atoms with Crippen molar-refractivity contribution in [3.8, 4) is 0 Å². The quantitative estimate of drug-likeness (QED) is 0.610. The predicted octanol–water partition coefficient (Wildman–Crippen LogP) is 2.40. The highest BCUT2D eigenvalue weighted by atomic mass is 16.8. The molecule has 5 heteroatoms. The van der Waals surface area contributed by atoms with E-state index in [1.165, 1.54) is 12.1 Å². The van der Waals surface area contributed by atoms with Crippen LogP contribution in [0.15, 0.2) is 18.2 Å². The van der Waals surface area contributed by atoms with E-state index in [1.807, 2.05) is 6.92 Å². The molecular formula is C12H17NO4. The number of carbonyl (C=O) groups is 1. The van der Waals surface area contributed by atoms with E-state index in [9.17, 15) is 4.79 Å². The molecule has 1 rings (SSSR count). The van der Waals surface area contributed by atoms with Gasteiger partial charge < -0.3 is 4.74 Å². The molecule has 17 heavy (non-hydrogen) atoms. The Labute approximate surface area is 100 Å². The number of rotatable bonds is 5. The molecule has 0 aliphatic heterocycles. The molecule has 0 amide bonds. The molecule has 0 atom stereocenters. The van der Waals surface area contributed by atoms with E-state index in [0.29, 0.717) is 18.6 Å². The molecule has 0 heterocycles. The lowest BCUT2D eigenvalue weighted by Gasteiger charge is -2.13. The third kappa shape index (κ3) is 3.44. The van der Waals surface area contributed by atoms with Crippen molar-refractivity contribution in [1.82, 2.24) is 0 Å². The van der Waals surface area contributed by atoms with Crippen LogP contribution in [0, 0.1) is 0 Å². The number of benzene rings is 1. The molecule has 5 nitrogen and oxygen atoms in total. The van der Waals surface area contributed by atoms with Crippen molar-refractivity contribution in [1.29, 1.82) is 0 Å². The van der Waals surface area contributed by atoms with Crippen molar-refractivity contribution < 1.29 is 19.9 Å².